The summed E-state index contributed by atoms with van der Waals surface area (Å²) >= 11 is 0. The lowest BCUT2D eigenvalue weighted by Gasteiger charge is -2.06. The fourth-order valence-corrected chi connectivity index (χ4v) is 1.55. The van der Waals surface area contributed by atoms with Gasteiger partial charge in [-0.05, 0) is 11.5 Å². The van der Waals surface area contributed by atoms with E-state index in [0.717, 1.165) is 10.8 Å². The van der Waals surface area contributed by atoms with E-state index in [2.05, 4.69) is 0 Å². The summed E-state index contributed by atoms with van der Waals surface area (Å²) in [5.41, 5.74) is 0. The highest BCUT2D eigenvalue weighted by molar-refractivity contribution is 5.88. The van der Waals surface area contributed by atoms with Gasteiger partial charge in [0.2, 0.25) is 6.54 Å². The zero-order chi connectivity index (χ0) is 11.4. The van der Waals surface area contributed by atoms with Crippen LogP contribution in [0.3, 0.4) is 0 Å². The average molecular weight is 217 g/mol. The Morgan fingerprint density at radius 2 is 1.88 bits per heavy atom. The molecule has 2 aromatic carbocycles. The normalized spacial score (nSPS) is 10.2. The quantitative estimate of drug-likeness (QED) is 0.584. The predicted molar refractivity (Wildman–Crippen MR) is 61.3 cm³/mol. The third kappa shape index (κ3) is 2.28. The third-order valence-corrected chi connectivity index (χ3v) is 2.28. The smallest absolute Gasteiger partial charge is 0.237 e. The summed E-state index contributed by atoms with van der Waals surface area (Å²) in [4.78, 5) is 9.79. The molecule has 0 aromatic heterocycles. The molecule has 0 atom stereocenters. The van der Waals surface area contributed by atoms with Crippen molar-refractivity contribution in [1.82, 2.24) is 0 Å². The van der Waals surface area contributed by atoms with Crippen molar-refractivity contribution in [2.75, 3.05) is 13.2 Å². The van der Waals surface area contributed by atoms with E-state index in [1.165, 1.54) is 0 Å². The molecule has 82 valence electrons. The summed E-state index contributed by atoms with van der Waals surface area (Å²) in [7, 11) is 0. The van der Waals surface area contributed by atoms with Crippen LogP contribution in [0.1, 0.15) is 0 Å². The first kappa shape index (κ1) is 10.4. The van der Waals surface area contributed by atoms with Crippen LogP contribution in [0.15, 0.2) is 42.5 Å². The minimum absolute atomic E-state index is 0.0982. The van der Waals surface area contributed by atoms with Gasteiger partial charge in [0.05, 0.1) is 0 Å². The molecule has 0 aliphatic carbocycles. The van der Waals surface area contributed by atoms with E-state index in [-0.39, 0.29) is 18.1 Å². The number of rotatable bonds is 4. The molecule has 0 saturated carbocycles. The molecule has 16 heavy (non-hydrogen) atoms. The molecule has 0 radical (unpaired) electrons. The van der Waals surface area contributed by atoms with Crippen molar-refractivity contribution in [3.63, 3.8) is 0 Å². The van der Waals surface area contributed by atoms with Crippen molar-refractivity contribution in [3.05, 3.63) is 52.6 Å². The molecule has 2 aromatic rings. The molecule has 0 N–H and O–H groups in total. The second kappa shape index (κ2) is 4.61. The first-order valence-electron chi connectivity index (χ1n) is 5.00. The van der Waals surface area contributed by atoms with E-state index in [1.54, 1.807) is 0 Å². The van der Waals surface area contributed by atoms with Crippen LogP contribution in [-0.2, 0) is 0 Å². The van der Waals surface area contributed by atoms with Gasteiger partial charge in [-0.1, -0.05) is 36.4 Å². The maximum absolute atomic E-state index is 10.2. The molecular formula is C12H11NO3. The van der Waals surface area contributed by atoms with Crippen LogP contribution < -0.4 is 4.74 Å². The number of nitro groups is 1. The molecule has 0 bridgehead atoms. The Kier molecular flexibility index (Phi) is 3.00. The number of benzene rings is 2. The summed E-state index contributed by atoms with van der Waals surface area (Å²) in [6, 6.07) is 13.5. The number of ether oxygens (including phenoxy) is 1. The molecule has 0 heterocycles. The number of hydrogen-bond acceptors (Lipinski definition) is 3. The summed E-state index contributed by atoms with van der Waals surface area (Å²) in [5.74, 6) is 0.694. The summed E-state index contributed by atoms with van der Waals surface area (Å²) in [6.07, 6.45) is 0. The largest absolute Gasteiger partial charge is 0.486 e. The van der Waals surface area contributed by atoms with Crippen molar-refractivity contribution < 1.29 is 9.66 Å². The standard InChI is InChI=1S/C12H11NO3/c14-13(15)8-9-16-12-7-3-5-10-4-1-2-6-11(10)12/h1-7H,8-9H2. The predicted octanol–water partition coefficient (Wildman–Crippen LogP) is 2.50. The molecule has 0 fully saturated rings. The van der Waals surface area contributed by atoms with Gasteiger partial charge in [0.15, 0.2) is 6.61 Å². The van der Waals surface area contributed by atoms with E-state index < -0.39 is 0 Å². The Balaban J connectivity index is 2.20. The summed E-state index contributed by atoms with van der Waals surface area (Å²) in [6.45, 7) is -0.0791. The van der Waals surface area contributed by atoms with Crippen LogP contribution in [-0.4, -0.2) is 18.1 Å². The monoisotopic (exact) mass is 217 g/mol. The molecule has 0 aliphatic rings. The second-order valence-electron chi connectivity index (χ2n) is 3.38. The summed E-state index contributed by atoms with van der Waals surface area (Å²) in [5, 5.41) is 12.2. The van der Waals surface area contributed by atoms with Crippen LogP contribution in [0.4, 0.5) is 0 Å². The van der Waals surface area contributed by atoms with E-state index in [1.807, 2.05) is 42.5 Å². The van der Waals surface area contributed by atoms with Gasteiger partial charge < -0.3 is 4.74 Å². The highest BCUT2D eigenvalue weighted by Gasteiger charge is 2.02. The van der Waals surface area contributed by atoms with E-state index in [4.69, 9.17) is 4.74 Å². The minimum Gasteiger partial charge on any atom is -0.486 e. The SMILES string of the molecule is O=[N+]([O-])CCOc1cccc2ccccc12. The maximum Gasteiger partial charge on any atom is 0.237 e. The molecule has 0 unspecified atom stereocenters. The molecule has 4 heteroatoms. The zero-order valence-electron chi connectivity index (χ0n) is 8.63. The minimum atomic E-state index is -0.384. The van der Waals surface area contributed by atoms with Crippen molar-refractivity contribution in [2.24, 2.45) is 0 Å². The van der Waals surface area contributed by atoms with Crippen LogP contribution in [0, 0.1) is 10.1 Å². The van der Waals surface area contributed by atoms with E-state index in [9.17, 15) is 10.1 Å². The molecule has 2 rings (SSSR count). The van der Waals surface area contributed by atoms with Gasteiger partial charge in [-0.15, -0.1) is 0 Å². The van der Waals surface area contributed by atoms with Crippen molar-refractivity contribution in [1.29, 1.82) is 0 Å². The van der Waals surface area contributed by atoms with Gasteiger partial charge in [0, 0.05) is 10.3 Å². The lowest BCUT2D eigenvalue weighted by Crippen LogP contribution is -2.11. The molecule has 0 amide bonds. The van der Waals surface area contributed by atoms with Crippen molar-refractivity contribution in [3.8, 4) is 5.75 Å². The van der Waals surface area contributed by atoms with Crippen LogP contribution in [0.5, 0.6) is 5.75 Å². The molecule has 0 aliphatic heterocycles. The Labute approximate surface area is 92.6 Å². The Bertz CT molecular complexity index is 505. The zero-order valence-corrected chi connectivity index (χ0v) is 8.63. The Hall–Kier alpha value is -2.10. The Morgan fingerprint density at radius 1 is 1.12 bits per heavy atom. The highest BCUT2D eigenvalue weighted by atomic mass is 16.6. The second-order valence-corrected chi connectivity index (χ2v) is 3.38. The molecule has 4 nitrogen and oxygen atoms in total. The number of fused-ring (bicyclic) bond motifs is 1. The lowest BCUT2D eigenvalue weighted by atomic mass is 10.1. The van der Waals surface area contributed by atoms with Crippen LogP contribution in [0.25, 0.3) is 10.8 Å². The van der Waals surface area contributed by atoms with Gasteiger partial charge in [-0.25, -0.2) is 0 Å². The van der Waals surface area contributed by atoms with Crippen LogP contribution in [0.2, 0.25) is 0 Å². The van der Waals surface area contributed by atoms with E-state index in [0.29, 0.717) is 5.75 Å². The number of nitrogens with zero attached hydrogens (tertiary/aromatic N) is 1. The average Bonchev–Trinajstić information content (AvgIpc) is 2.29. The first-order chi connectivity index (χ1) is 7.77. The van der Waals surface area contributed by atoms with Gasteiger partial charge in [0.25, 0.3) is 0 Å². The van der Waals surface area contributed by atoms with Gasteiger partial charge in [-0.3, -0.25) is 10.1 Å². The van der Waals surface area contributed by atoms with E-state index >= 15 is 0 Å². The summed E-state index contributed by atoms with van der Waals surface area (Å²) < 4.78 is 5.39. The van der Waals surface area contributed by atoms with Crippen molar-refractivity contribution in [2.45, 2.75) is 0 Å². The molecular weight excluding hydrogens is 206 g/mol. The van der Waals surface area contributed by atoms with Gasteiger partial charge in [0.1, 0.15) is 5.75 Å². The van der Waals surface area contributed by atoms with Gasteiger partial charge >= 0.3 is 0 Å². The van der Waals surface area contributed by atoms with Crippen LogP contribution >= 0.6 is 0 Å². The molecule has 0 spiro atoms. The van der Waals surface area contributed by atoms with Crippen molar-refractivity contribution >= 4 is 10.8 Å². The fraction of sp³-hybridized carbons (Fsp3) is 0.167. The maximum atomic E-state index is 10.2. The first-order valence-corrected chi connectivity index (χ1v) is 5.00. The van der Waals surface area contributed by atoms with Gasteiger partial charge in [-0.2, -0.15) is 0 Å². The fourth-order valence-electron chi connectivity index (χ4n) is 1.55. The molecule has 0 saturated heterocycles. The topological polar surface area (TPSA) is 52.4 Å². The number of hydrogen-bond donors (Lipinski definition) is 0. The third-order valence-electron chi connectivity index (χ3n) is 2.28. The Morgan fingerprint density at radius 3 is 2.69 bits per heavy atom. The lowest BCUT2D eigenvalue weighted by molar-refractivity contribution is -0.481. The highest BCUT2D eigenvalue weighted by Crippen LogP contribution is 2.24.